The Balaban J connectivity index is 1.37. The molecule has 240 valence electrons. The van der Waals surface area contributed by atoms with Gasteiger partial charge in [0, 0.05) is 50.7 Å². The monoisotopic (exact) mass is 607 g/mol. The number of unbranched alkanes of at least 4 members (excludes halogenated alkanes) is 1. The van der Waals surface area contributed by atoms with Gasteiger partial charge in [-0.1, -0.05) is 37.6 Å². The van der Waals surface area contributed by atoms with Gasteiger partial charge in [-0.2, -0.15) is 0 Å². The molecule has 1 N–H and O–H groups in total. The third kappa shape index (κ3) is 7.37. The van der Waals surface area contributed by atoms with Crippen molar-refractivity contribution in [1.82, 2.24) is 9.80 Å². The van der Waals surface area contributed by atoms with Gasteiger partial charge in [0.15, 0.2) is 0 Å². The number of carbonyl (C=O) groups is 3. The molecule has 4 atom stereocenters. The van der Waals surface area contributed by atoms with E-state index < -0.39 is 11.9 Å². The van der Waals surface area contributed by atoms with Gasteiger partial charge in [0.2, 0.25) is 11.8 Å². The molecule has 3 heterocycles. The summed E-state index contributed by atoms with van der Waals surface area (Å²) in [5.41, 5.74) is 3.11. The van der Waals surface area contributed by atoms with Crippen molar-refractivity contribution in [3.8, 4) is 0 Å². The van der Waals surface area contributed by atoms with Crippen LogP contribution in [0, 0.1) is 17.8 Å². The minimum atomic E-state index is -0.815. The molecule has 0 bridgehead atoms. The van der Waals surface area contributed by atoms with Crippen LogP contribution >= 0.6 is 0 Å². The van der Waals surface area contributed by atoms with Crippen LogP contribution in [0.4, 0.5) is 5.69 Å². The third-order valence-corrected chi connectivity index (χ3v) is 9.86. The normalized spacial score (nSPS) is 24.9. The van der Waals surface area contributed by atoms with E-state index in [1.165, 1.54) is 5.57 Å². The number of hydrogen-bond acceptors (Lipinski definition) is 5. The highest BCUT2D eigenvalue weighted by molar-refractivity contribution is 6.01. The van der Waals surface area contributed by atoms with Crippen LogP contribution in [0.3, 0.4) is 0 Å². The summed E-state index contributed by atoms with van der Waals surface area (Å²) in [6.07, 6.45) is 9.72. The van der Waals surface area contributed by atoms with Gasteiger partial charge in [-0.15, -0.1) is 0 Å². The maximum atomic E-state index is 13.9. The number of anilines is 1. The van der Waals surface area contributed by atoms with Gasteiger partial charge >= 0.3 is 5.97 Å². The van der Waals surface area contributed by atoms with Crippen molar-refractivity contribution in [2.24, 2.45) is 17.8 Å². The Labute approximate surface area is 262 Å². The van der Waals surface area contributed by atoms with Gasteiger partial charge in [0.05, 0.1) is 53.2 Å². The van der Waals surface area contributed by atoms with Crippen LogP contribution in [0.15, 0.2) is 47.7 Å². The fourth-order valence-electron chi connectivity index (χ4n) is 7.58. The molecule has 9 heteroatoms. The second kappa shape index (κ2) is 13.9. The summed E-state index contributed by atoms with van der Waals surface area (Å²) in [6, 6.07) is 7.50. The third-order valence-electron chi connectivity index (χ3n) is 9.86. The van der Waals surface area contributed by atoms with E-state index in [1.54, 1.807) is 0 Å². The van der Waals surface area contributed by atoms with Crippen LogP contribution in [0.2, 0.25) is 0 Å². The van der Waals surface area contributed by atoms with Crippen molar-refractivity contribution < 1.29 is 28.7 Å². The van der Waals surface area contributed by atoms with Crippen molar-refractivity contribution >= 4 is 23.5 Å². The van der Waals surface area contributed by atoms with Crippen LogP contribution in [-0.4, -0.2) is 110 Å². The van der Waals surface area contributed by atoms with Gasteiger partial charge in [0.1, 0.15) is 5.76 Å². The van der Waals surface area contributed by atoms with Crippen molar-refractivity contribution in [3.05, 3.63) is 53.3 Å². The molecule has 4 aliphatic rings. The Bertz CT molecular complexity index is 1280. The SMILES string of the molecule is CCCCN(CCC[N+](C)(C)C)C(=O)CN1C[C@H](C2C=C3CCOC3=CC2)[C@@H](C(=O)O)[C@@H]1CCN1C(=O)Cc2ccccc21. The van der Waals surface area contributed by atoms with E-state index in [4.69, 9.17) is 4.74 Å². The lowest BCUT2D eigenvalue weighted by Crippen LogP contribution is -2.46. The van der Waals surface area contributed by atoms with Crippen LogP contribution in [-0.2, 0) is 25.5 Å². The number of fused-ring (bicyclic) bond motifs is 2. The molecule has 1 aromatic carbocycles. The average molecular weight is 608 g/mol. The molecule has 1 aromatic rings. The number of hydrogen-bond donors (Lipinski definition) is 1. The predicted molar refractivity (Wildman–Crippen MR) is 171 cm³/mol. The fourth-order valence-corrected chi connectivity index (χ4v) is 7.58. The number of likely N-dealkylation sites (tertiary alicyclic amines) is 1. The summed E-state index contributed by atoms with van der Waals surface area (Å²) in [6.45, 7) is 6.42. The molecule has 44 heavy (non-hydrogen) atoms. The highest BCUT2D eigenvalue weighted by atomic mass is 16.5. The first-order chi connectivity index (χ1) is 21.1. The number of aliphatic carboxylic acids is 1. The smallest absolute Gasteiger partial charge is 0.308 e. The molecule has 0 spiro atoms. The Morgan fingerprint density at radius 2 is 1.91 bits per heavy atom. The summed E-state index contributed by atoms with van der Waals surface area (Å²) < 4.78 is 6.61. The minimum absolute atomic E-state index is 0.0501. The van der Waals surface area contributed by atoms with Gasteiger partial charge in [-0.25, -0.2) is 0 Å². The molecule has 5 rings (SSSR count). The maximum Gasteiger partial charge on any atom is 0.308 e. The van der Waals surface area contributed by atoms with E-state index in [2.05, 4.69) is 45.1 Å². The topological polar surface area (TPSA) is 90.4 Å². The number of allylic oxidation sites excluding steroid dienone is 3. The molecule has 0 saturated carbocycles. The highest BCUT2D eigenvalue weighted by Crippen LogP contribution is 2.43. The predicted octanol–water partition coefficient (Wildman–Crippen LogP) is 3.94. The van der Waals surface area contributed by atoms with Crippen molar-refractivity contribution in [1.29, 1.82) is 0 Å². The van der Waals surface area contributed by atoms with Gasteiger partial charge in [-0.05, 0) is 54.4 Å². The quantitative estimate of drug-likeness (QED) is 0.323. The zero-order valence-corrected chi connectivity index (χ0v) is 27.0. The number of carboxylic acid groups (broad SMARTS) is 1. The number of nitrogens with zero attached hydrogens (tertiary/aromatic N) is 4. The molecular weight excluding hydrogens is 556 g/mol. The molecule has 2 saturated heterocycles. The first kappa shape index (κ1) is 32.2. The maximum absolute atomic E-state index is 13.9. The van der Waals surface area contributed by atoms with E-state index in [9.17, 15) is 19.5 Å². The Morgan fingerprint density at radius 3 is 2.66 bits per heavy atom. The number of amides is 2. The summed E-state index contributed by atoms with van der Waals surface area (Å²) in [5, 5.41) is 10.7. The Kier molecular flexibility index (Phi) is 10.2. The number of quaternary nitrogens is 1. The average Bonchev–Trinajstić information content (AvgIpc) is 3.67. The van der Waals surface area contributed by atoms with E-state index in [-0.39, 0.29) is 36.2 Å². The summed E-state index contributed by atoms with van der Waals surface area (Å²) >= 11 is 0. The van der Waals surface area contributed by atoms with Crippen molar-refractivity contribution in [2.45, 2.75) is 57.9 Å². The number of para-hydroxylation sites is 1. The van der Waals surface area contributed by atoms with Crippen LogP contribution in [0.25, 0.3) is 0 Å². The molecule has 9 nitrogen and oxygen atoms in total. The van der Waals surface area contributed by atoms with Crippen LogP contribution in [0.1, 0.15) is 51.0 Å². The standard InChI is InChI=1S/C35H50N4O5/c1-5-6-16-36(17-9-19-39(2,3)4)33(41)24-37-23-28(25-12-13-31-27(21-25)15-20-44-31)34(35(42)43)30(37)14-18-38-29-11-8-7-10-26(29)22-32(38)40/h7-8,10-11,13,21,25,28,30,34H,5-6,9,12,14-20,22-24H2,1-4H3/p+1/t25?,28-,30+,34-/m1/s1. The Hall–Kier alpha value is -3.17. The van der Waals surface area contributed by atoms with Gasteiger partial charge in [0.25, 0.3) is 0 Å². The van der Waals surface area contributed by atoms with Crippen molar-refractivity contribution in [2.75, 3.05) is 71.9 Å². The number of carboxylic acids is 1. The number of benzene rings is 1. The summed E-state index contributed by atoms with van der Waals surface area (Å²) in [4.78, 5) is 45.9. The molecule has 2 fully saturated rings. The van der Waals surface area contributed by atoms with Crippen LogP contribution < -0.4 is 4.90 Å². The molecule has 0 radical (unpaired) electrons. The number of rotatable bonds is 14. The summed E-state index contributed by atoms with van der Waals surface area (Å²) in [7, 11) is 6.50. The largest absolute Gasteiger partial charge is 0.493 e. The van der Waals surface area contributed by atoms with Crippen LogP contribution in [0.5, 0.6) is 0 Å². The zero-order valence-electron chi connectivity index (χ0n) is 27.0. The van der Waals surface area contributed by atoms with Gasteiger partial charge < -0.3 is 24.1 Å². The lowest BCUT2D eigenvalue weighted by atomic mass is 9.76. The molecule has 0 aromatic heterocycles. The molecular formula is C35H51N4O5+. The van der Waals surface area contributed by atoms with E-state index in [1.807, 2.05) is 34.1 Å². The lowest BCUT2D eigenvalue weighted by Gasteiger charge is -2.31. The number of ether oxygens (including phenoxy) is 1. The molecule has 3 aliphatic heterocycles. The molecule has 2 amide bonds. The second-order valence-corrected chi connectivity index (χ2v) is 14.0. The lowest BCUT2D eigenvalue weighted by molar-refractivity contribution is -0.870. The van der Waals surface area contributed by atoms with E-state index in [0.717, 1.165) is 66.7 Å². The number of carbonyl (C=O) groups excluding carboxylic acids is 2. The first-order valence-corrected chi connectivity index (χ1v) is 16.5. The molecule has 1 unspecified atom stereocenters. The first-order valence-electron chi connectivity index (χ1n) is 16.5. The highest BCUT2D eigenvalue weighted by Gasteiger charge is 2.49. The minimum Gasteiger partial charge on any atom is -0.493 e. The second-order valence-electron chi connectivity index (χ2n) is 14.0. The van der Waals surface area contributed by atoms with Gasteiger partial charge in [-0.3, -0.25) is 19.3 Å². The fraction of sp³-hybridized carbons (Fsp3) is 0.629. The summed E-state index contributed by atoms with van der Waals surface area (Å²) in [5.74, 6) is -0.419. The Morgan fingerprint density at radius 1 is 1.14 bits per heavy atom. The van der Waals surface area contributed by atoms with E-state index >= 15 is 0 Å². The van der Waals surface area contributed by atoms with E-state index in [0.29, 0.717) is 39.1 Å². The molecule has 1 aliphatic carbocycles. The zero-order chi connectivity index (χ0) is 31.4. The van der Waals surface area contributed by atoms with Crippen molar-refractivity contribution in [3.63, 3.8) is 0 Å².